The molecule has 0 amide bonds. The number of allylic oxidation sites excluding steroid dienone is 1. The lowest BCUT2D eigenvalue weighted by Gasteiger charge is -2.19. The molecule has 0 aromatic heterocycles. The quantitative estimate of drug-likeness (QED) is 0.0763. The van der Waals surface area contributed by atoms with Gasteiger partial charge in [-0.25, -0.2) is 4.57 Å². The van der Waals surface area contributed by atoms with Crippen LogP contribution in [0.3, 0.4) is 0 Å². The molecule has 1 aromatic rings. The van der Waals surface area contributed by atoms with E-state index in [-0.39, 0.29) is 6.61 Å². The van der Waals surface area contributed by atoms with Crippen molar-refractivity contribution in [2.24, 2.45) is 0 Å². The van der Waals surface area contributed by atoms with E-state index in [1.165, 1.54) is 94.8 Å². The summed E-state index contributed by atoms with van der Waals surface area (Å²) >= 11 is 1.80. The van der Waals surface area contributed by atoms with Crippen LogP contribution in [0.25, 0.3) is 0 Å². The second-order valence-corrected chi connectivity index (χ2v) is 14.1. The molecular weight excluding hydrogens is 569 g/mol. The lowest BCUT2D eigenvalue weighted by atomic mass is 10.0. The van der Waals surface area contributed by atoms with Gasteiger partial charge >= 0.3 is 7.82 Å². The Morgan fingerprint density at radius 1 is 0.905 bits per heavy atom. The van der Waals surface area contributed by atoms with Crippen LogP contribution in [0.2, 0.25) is 0 Å². The fraction of sp³-hybridized carbons (Fsp3) is 0.758. The Morgan fingerprint density at radius 2 is 1.50 bits per heavy atom. The number of phosphoric ester groups is 1. The molecule has 2 atom stereocenters. The minimum atomic E-state index is -4.29. The number of hydrogen-bond acceptors (Lipinski definition) is 7. The summed E-state index contributed by atoms with van der Waals surface area (Å²) in [6.07, 6.45) is 23.1. The minimum absolute atomic E-state index is 0.0853. The fourth-order valence-corrected chi connectivity index (χ4v) is 6.58. The first-order valence-electron chi connectivity index (χ1n) is 16.3. The molecule has 0 spiro atoms. The molecule has 2 rings (SSSR count). The highest BCUT2D eigenvalue weighted by atomic mass is 32.2. The highest BCUT2D eigenvalue weighted by Gasteiger charge is 2.25. The molecule has 0 saturated carbocycles. The summed E-state index contributed by atoms with van der Waals surface area (Å²) in [4.78, 5) is 13.7. The van der Waals surface area contributed by atoms with Crippen LogP contribution >= 0.6 is 19.6 Å². The Kier molecular flexibility index (Phi) is 20.7. The van der Waals surface area contributed by atoms with Gasteiger partial charge in [-0.15, -0.1) is 11.8 Å². The molecule has 9 heteroatoms. The van der Waals surface area contributed by atoms with Crippen LogP contribution in [-0.4, -0.2) is 48.7 Å². The number of phosphoric acid groups is 1. The molecule has 0 aliphatic carbocycles. The topological polar surface area (TPSA) is 77.5 Å². The third kappa shape index (κ3) is 18.6. The summed E-state index contributed by atoms with van der Waals surface area (Å²) < 4.78 is 34.2. The monoisotopic (exact) mass is 627 g/mol. The van der Waals surface area contributed by atoms with Crippen molar-refractivity contribution in [2.45, 2.75) is 129 Å². The average molecular weight is 628 g/mol. The van der Waals surface area contributed by atoms with Gasteiger partial charge < -0.3 is 18.9 Å². The van der Waals surface area contributed by atoms with Gasteiger partial charge in [0.05, 0.1) is 19.1 Å². The van der Waals surface area contributed by atoms with Gasteiger partial charge in [0.2, 0.25) is 0 Å². The van der Waals surface area contributed by atoms with Crippen molar-refractivity contribution in [3.05, 3.63) is 40.9 Å². The van der Waals surface area contributed by atoms with Gasteiger partial charge in [0.1, 0.15) is 11.9 Å². The van der Waals surface area contributed by atoms with E-state index in [2.05, 4.69) is 24.9 Å². The van der Waals surface area contributed by atoms with Crippen molar-refractivity contribution in [1.29, 1.82) is 0 Å². The van der Waals surface area contributed by atoms with Crippen molar-refractivity contribution in [3.63, 3.8) is 0 Å². The third-order valence-corrected chi connectivity index (χ3v) is 9.47. The number of hydrogen-bond donors (Lipinski definition) is 1. The van der Waals surface area contributed by atoms with Gasteiger partial charge in [0.25, 0.3) is 0 Å². The van der Waals surface area contributed by atoms with Crippen LogP contribution < -0.4 is 4.52 Å². The van der Waals surface area contributed by atoms with E-state index < -0.39 is 13.9 Å². The van der Waals surface area contributed by atoms with Gasteiger partial charge in [-0.2, -0.15) is 0 Å². The van der Waals surface area contributed by atoms with Crippen LogP contribution in [0.4, 0.5) is 0 Å². The number of nitrogens with zero attached hydrogens (tertiary/aromatic N) is 1. The normalized spacial score (nSPS) is 15.5. The number of rotatable bonds is 27. The molecule has 242 valence electrons. The molecule has 0 fully saturated rings. The first kappa shape index (κ1) is 37.2. The molecule has 1 aromatic carbocycles. The van der Waals surface area contributed by atoms with Crippen LogP contribution in [0.15, 0.2) is 35.4 Å². The van der Waals surface area contributed by atoms with Crippen molar-refractivity contribution < 1.29 is 28.0 Å². The number of methoxy groups -OCH3 is 1. The van der Waals surface area contributed by atoms with Gasteiger partial charge in [-0.3, -0.25) is 9.42 Å². The predicted molar refractivity (Wildman–Crippen MR) is 176 cm³/mol. The van der Waals surface area contributed by atoms with E-state index in [1.54, 1.807) is 31.0 Å². The predicted octanol–water partition coefficient (Wildman–Crippen LogP) is 9.84. The van der Waals surface area contributed by atoms with E-state index in [4.69, 9.17) is 18.5 Å². The molecule has 1 heterocycles. The van der Waals surface area contributed by atoms with E-state index in [0.29, 0.717) is 25.5 Å². The summed E-state index contributed by atoms with van der Waals surface area (Å²) in [6, 6.07) is 7.21. The van der Waals surface area contributed by atoms with E-state index >= 15 is 0 Å². The lowest BCUT2D eigenvalue weighted by Crippen LogP contribution is -2.24. The number of unbranched alkanes of at least 4 members (excludes halogenated alkanes) is 15. The molecule has 0 saturated heterocycles. The molecule has 7 nitrogen and oxygen atoms in total. The van der Waals surface area contributed by atoms with Crippen LogP contribution in [0, 0.1) is 0 Å². The Hall–Kier alpha value is -1.02. The largest absolute Gasteiger partial charge is 0.527 e. The third-order valence-electron chi connectivity index (χ3n) is 7.53. The summed E-state index contributed by atoms with van der Waals surface area (Å²) in [5.74, 6) is 1.21. The highest BCUT2D eigenvalue weighted by Crippen LogP contribution is 2.44. The smallest absolute Gasteiger partial charge is 0.404 e. The Bertz CT molecular complexity index is 901. The first-order valence-corrected chi connectivity index (χ1v) is 18.8. The van der Waals surface area contributed by atoms with Gasteiger partial charge in [0.15, 0.2) is 0 Å². The number of ether oxygens (including phenoxy) is 2. The SMILES string of the molecule is CCCCCCCCCCCCCCCCCCOCC(COP(=O)(O)Oc1cccc(CN2C=C(C)SC2)c1)OC. The number of thioether (sulfide) groups is 1. The zero-order valence-electron chi connectivity index (χ0n) is 26.6. The standard InChI is InChI=1S/C33H58NO6PS/c1-4-5-6-7-8-9-10-11-12-13-14-15-16-17-18-19-23-38-27-33(37-3)28-39-41(35,36)40-32-22-20-21-31(24-32)26-34-25-30(2)42-29-34/h20-22,24-25,33H,4-19,23,26-29H2,1-3H3,(H,35,36). The minimum Gasteiger partial charge on any atom is -0.404 e. The zero-order chi connectivity index (χ0) is 30.3. The molecular formula is C33H58NO6PS. The Balaban J connectivity index is 1.45. The van der Waals surface area contributed by atoms with Crippen molar-refractivity contribution in [3.8, 4) is 5.75 Å². The van der Waals surface area contributed by atoms with Crippen molar-refractivity contribution >= 4 is 19.6 Å². The molecule has 42 heavy (non-hydrogen) atoms. The first-order chi connectivity index (χ1) is 20.4. The van der Waals surface area contributed by atoms with Crippen LogP contribution in [0.5, 0.6) is 5.75 Å². The molecule has 1 aliphatic heterocycles. The summed E-state index contributed by atoms with van der Waals surface area (Å²) in [6.45, 7) is 5.95. The second-order valence-electron chi connectivity index (χ2n) is 11.5. The maximum Gasteiger partial charge on any atom is 0.527 e. The molecule has 0 radical (unpaired) electrons. The molecule has 0 bridgehead atoms. The maximum absolute atomic E-state index is 12.5. The van der Waals surface area contributed by atoms with E-state index in [9.17, 15) is 9.46 Å². The summed E-state index contributed by atoms with van der Waals surface area (Å²) in [5.41, 5.74) is 0.997. The Morgan fingerprint density at radius 3 is 2.05 bits per heavy atom. The van der Waals surface area contributed by atoms with Crippen molar-refractivity contribution in [2.75, 3.05) is 32.8 Å². The maximum atomic E-state index is 12.5. The van der Waals surface area contributed by atoms with Gasteiger partial charge in [-0.1, -0.05) is 115 Å². The molecule has 1 aliphatic rings. The highest BCUT2D eigenvalue weighted by molar-refractivity contribution is 8.03. The summed E-state index contributed by atoms with van der Waals surface area (Å²) in [5, 5.41) is 0. The average Bonchev–Trinajstić information content (AvgIpc) is 3.38. The molecule has 2 unspecified atom stereocenters. The van der Waals surface area contributed by atoms with E-state index in [0.717, 1.165) is 24.3 Å². The Labute approximate surface area is 260 Å². The molecule has 1 N–H and O–H groups in total. The second kappa shape index (κ2) is 23.4. The van der Waals surface area contributed by atoms with Gasteiger partial charge in [-0.05, 0) is 35.9 Å². The number of benzene rings is 1. The van der Waals surface area contributed by atoms with E-state index in [1.807, 2.05) is 12.1 Å². The van der Waals surface area contributed by atoms with Gasteiger partial charge in [0, 0.05) is 26.5 Å². The van der Waals surface area contributed by atoms with Crippen molar-refractivity contribution in [1.82, 2.24) is 4.90 Å². The fourth-order valence-electron chi connectivity index (χ4n) is 5.03. The van der Waals surface area contributed by atoms with Crippen LogP contribution in [0.1, 0.15) is 122 Å². The summed E-state index contributed by atoms with van der Waals surface area (Å²) in [7, 11) is -2.74. The lowest BCUT2D eigenvalue weighted by molar-refractivity contribution is -0.0197. The van der Waals surface area contributed by atoms with Crippen LogP contribution in [-0.2, 0) is 25.1 Å². The zero-order valence-corrected chi connectivity index (χ0v) is 28.3.